The number of likely N-dealkylation sites (tertiary alicyclic amines) is 1. The molecule has 0 radical (unpaired) electrons. The lowest BCUT2D eigenvalue weighted by Crippen LogP contribution is -2.45. The van der Waals surface area contributed by atoms with Crippen molar-refractivity contribution in [2.75, 3.05) is 18.8 Å². The fourth-order valence-corrected chi connectivity index (χ4v) is 4.98. The minimum atomic E-state index is -0.926. The zero-order valence-electron chi connectivity index (χ0n) is 19.2. The van der Waals surface area contributed by atoms with Gasteiger partial charge < -0.3 is 26.0 Å². The molecule has 8 heteroatoms. The number of carbonyl (C=O) groups is 1. The third-order valence-corrected chi connectivity index (χ3v) is 6.81. The molecular formula is C26H30N6O2. The van der Waals surface area contributed by atoms with Crippen molar-refractivity contribution in [3.05, 3.63) is 47.8 Å². The van der Waals surface area contributed by atoms with Gasteiger partial charge in [0.25, 0.3) is 5.91 Å². The number of amides is 1. The summed E-state index contributed by atoms with van der Waals surface area (Å²) in [6.45, 7) is 1.25. The van der Waals surface area contributed by atoms with Crippen molar-refractivity contribution in [2.45, 2.75) is 56.6 Å². The van der Waals surface area contributed by atoms with Crippen LogP contribution >= 0.6 is 0 Å². The summed E-state index contributed by atoms with van der Waals surface area (Å²) in [5, 5.41) is 11.6. The first-order chi connectivity index (χ1) is 16.4. The number of fused-ring (bicyclic) bond motifs is 1. The van der Waals surface area contributed by atoms with E-state index in [4.69, 9.17) is 11.5 Å². The SMILES string of the molecule is Nc1nccc(-n2cc(C(=O)N3CCC[C@H](N)C3)c3ccc(C#CC4(O)CCCCC4)cc32)n1. The van der Waals surface area contributed by atoms with E-state index in [9.17, 15) is 9.90 Å². The van der Waals surface area contributed by atoms with E-state index in [1.165, 1.54) is 0 Å². The molecule has 2 aromatic heterocycles. The number of hydrogen-bond acceptors (Lipinski definition) is 6. The van der Waals surface area contributed by atoms with E-state index in [0.29, 0.717) is 37.3 Å². The molecule has 1 aromatic carbocycles. The molecule has 1 saturated heterocycles. The molecule has 0 unspecified atom stereocenters. The van der Waals surface area contributed by atoms with E-state index in [1.54, 1.807) is 18.5 Å². The van der Waals surface area contributed by atoms with Crippen LogP contribution in [0.2, 0.25) is 0 Å². The van der Waals surface area contributed by atoms with Gasteiger partial charge in [0, 0.05) is 42.5 Å². The van der Waals surface area contributed by atoms with Gasteiger partial charge >= 0.3 is 0 Å². The van der Waals surface area contributed by atoms with Crippen molar-refractivity contribution in [2.24, 2.45) is 5.73 Å². The number of piperidine rings is 1. The van der Waals surface area contributed by atoms with Gasteiger partial charge in [-0.05, 0) is 56.7 Å². The Kier molecular flexibility index (Phi) is 5.98. The Labute approximate surface area is 199 Å². The molecule has 5 N–H and O–H groups in total. The van der Waals surface area contributed by atoms with Crippen LogP contribution in [-0.2, 0) is 0 Å². The number of anilines is 1. The Balaban J connectivity index is 1.58. The Morgan fingerprint density at radius 1 is 1.18 bits per heavy atom. The summed E-state index contributed by atoms with van der Waals surface area (Å²) in [5.74, 6) is 6.94. The molecule has 0 bridgehead atoms. The number of nitrogens with zero attached hydrogens (tertiary/aromatic N) is 4. The van der Waals surface area contributed by atoms with E-state index >= 15 is 0 Å². The molecule has 34 heavy (non-hydrogen) atoms. The molecule has 8 nitrogen and oxygen atoms in total. The highest BCUT2D eigenvalue weighted by atomic mass is 16.3. The summed E-state index contributed by atoms with van der Waals surface area (Å²) >= 11 is 0. The van der Waals surface area contributed by atoms with Gasteiger partial charge in [0.2, 0.25) is 5.95 Å². The molecule has 176 valence electrons. The van der Waals surface area contributed by atoms with Crippen LogP contribution in [0, 0.1) is 11.8 Å². The minimum Gasteiger partial charge on any atom is -0.378 e. The van der Waals surface area contributed by atoms with Crippen molar-refractivity contribution in [1.29, 1.82) is 0 Å². The number of aromatic nitrogens is 3. The highest BCUT2D eigenvalue weighted by Crippen LogP contribution is 2.29. The standard InChI is InChI=1S/C26H30N6O2/c27-19-5-4-14-31(16-19)24(33)21-17-32(23-9-13-29-25(28)30-23)22-15-18(6-7-20(21)22)8-12-26(34)10-2-1-3-11-26/h6-7,9,13,15,17,19,34H,1-5,10-11,14,16,27H2,(H2,28,29,30)/t19-/m0/s1. The monoisotopic (exact) mass is 458 g/mol. The van der Waals surface area contributed by atoms with Crippen molar-refractivity contribution in [1.82, 2.24) is 19.4 Å². The van der Waals surface area contributed by atoms with Gasteiger partial charge in [-0.2, -0.15) is 4.98 Å². The molecule has 3 heterocycles. The summed E-state index contributed by atoms with van der Waals surface area (Å²) in [5.41, 5.74) is 13.2. The Morgan fingerprint density at radius 2 is 2.00 bits per heavy atom. The predicted molar refractivity (Wildman–Crippen MR) is 131 cm³/mol. The summed E-state index contributed by atoms with van der Waals surface area (Å²) in [6, 6.07) is 7.51. The van der Waals surface area contributed by atoms with E-state index in [2.05, 4.69) is 21.8 Å². The lowest BCUT2D eigenvalue weighted by atomic mass is 9.85. The molecule has 5 rings (SSSR count). The molecule has 1 saturated carbocycles. The third-order valence-electron chi connectivity index (χ3n) is 6.81. The number of nitrogens with two attached hydrogens (primary N) is 2. The first-order valence-electron chi connectivity index (χ1n) is 12.0. The molecule has 2 fully saturated rings. The summed E-state index contributed by atoms with van der Waals surface area (Å²) in [4.78, 5) is 23.6. The molecule has 3 aromatic rings. The zero-order valence-corrected chi connectivity index (χ0v) is 19.2. The highest BCUT2D eigenvalue weighted by molar-refractivity contribution is 6.07. The third kappa shape index (κ3) is 4.49. The van der Waals surface area contributed by atoms with Gasteiger partial charge in [-0.15, -0.1) is 0 Å². The smallest absolute Gasteiger partial charge is 0.256 e. The molecular weight excluding hydrogens is 428 g/mol. The highest BCUT2D eigenvalue weighted by Gasteiger charge is 2.27. The maximum absolute atomic E-state index is 13.5. The van der Waals surface area contributed by atoms with Gasteiger partial charge in [-0.25, -0.2) is 4.98 Å². The average Bonchev–Trinajstić information content (AvgIpc) is 3.22. The normalized spacial score (nSPS) is 20.1. The molecule has 0 spiro atoms. The maximum atomic E-state index is 13.5. The number of rotatable bonds is 2. The van der Waals surface area contributed by atoms with E-state index in [0.717, 1.165) is 48.6 Å². The molecule has 1 atom stereocenters. The molecule has 1 aliphatic carbocycles. The van der Waals surface area contributed by atoms with E-state index < -0.39 is 5.60 Å². The van der Waals surface area contributed by atoms with E-state index in [1.807, 2.05) is 27.7 Å². The van der Waals surface area contributed by atoms with E-state index in [-0.39, 0.29) is 17.9 Å². The van der Waals surface area contributed by atoms with Crippen LogP contribution in [0.5, 0.6) is 0 Å². The quantitative estimate of drug-likeness (QED) is 0.507. The van der Waals surface area contributed by atoms with Crippen LogP contribution < -0.4 is 11.5 Å². The second-order valence-corrected chi connectivity index (χ2v) is 9.41. The second kappa shape index (κ2) is 9.09. The summed E-state index contributed by atoms with van der Waals surface area (Å²) < 4.78 is 1.85. The van der Waals surface area contributed by atoms with Crippen LogP contribution in [0.25, 0.3) is 16.7 Å². The summed E-state index contributed by atoms with van der Waals surface area (Å²) in [7, 11) is 0. The number of carbonyl (C=O) groups excluding carboxylic acids is 1. The van der Waals surface area contributed by atoms with Crippen molar-refractivity contribution in [3.63, 3.8) is 0 Å². The van der Waals surface area contributed by atoms with Crippen LogP contribution in [0.4, 0.5) is 5.95 Å². The first-order valence-corrected chi connectivity index (χ1v) is 12.0. The van der Waals surface area contributed by atoms with Crippen LogP contribution in [0.15, 0.2) is 36.7 Å². The molecule has 2 aliphatic rings. The number of nitrogen functional groups attached to an aromatic ring is 1. The fraction of sp³-hybridized carbons (Fsp3) is 0.423. The van der Waals surface area contributed by atoms with Gasteiger partial charge in [0.05, 0.1) is 11.1 Å². The Morgan fingerprint density at radius 3 is 2.76 bits per heavy atom. The predicted octanol–water partition coefficient (Wildman–Crippen LogP) is 2.61. The van der Waals surface area contributed by atoms with Crippen LogP contribution in [-0.4, -0.2) is 55.2 Å². The fourth-order valence-electron chi connectivity index (χ4n) is 4.98. The topological polar surface area (TPSA) is 123 Å². The lowest BCUT2D eigenvalue weighted by molar-refractivity contribution is 0.0610. The van der Waals surface area contributed by atoms with Gasteiger partial charge in [-0.3, -0.25) is 4.79 Å². The van der Waals surface area contributed by atoms with Crippen molar-refractivity contribution < 1.29 is 9.90 Å². The first kappa shape index (κ1) is 22.4. The van der Waals surface area contributed by atoms with Crippen molar-refractivity contribution >= 4 is 22.8 Å². The maximum Gasteiger partial charge on any atom is 0.256 e. The largest absolute Gasteiger partial charge is 0.378 e. The number of benzene rings is 1. The average molecular weight is 459 g/mol. The lowest BCUT2D eigenvalue weighted by Gasteiger charge is -2.30. The van der Waals surface area contributed by atoms with Crippen LogP contribution in [0.3, 0.4) is 0 Å². The number of hydrogen-bond donors (Lipinski definition) is 3. The zero-order chi connectivity index (χ0) is 23.7. The van der Waals surface area contributed by atoms with Gasteiger partial charge in [0.15, 0.2) is 0 Å². The Hall–Kier alpha value is -3.41. The van der Waals surface area contributed by atoms with Gasteiger partial charge in [0.1, 0.15) is 11.4 Å². The minimum absolute atomic E-state index is 0.000166. The Bertz CT molecular complexity index is 1280. The van der Waals surface area contributed by atoms with Gasteiger partial charge in [-0.1, -0.05) is 24.3 Å². The molecule has 1 aliphatic heterocycles. The summed E-state index contributed by atoms with van der Waals surface area (Å²) in [6.07, 6.45) is 9.77. The second-order valence-electron chi connectivity index (χ2n) is 9.41. The van der Waals surface area contributed by atoms with Crippen molar-refractivity contribution in [3.8, 4) is 17.7 Å². The molecule has 1 amide bonds. The number of aliphatic hydroxyl groups is 1. The van der Waals surface area contributed by atoms with Crippen LogP contribution in [0.1, 0.15) is 60.9 Å².